The van der Waals surface area contributed by atoms with E-state index in [9.17, 15) is 9.18 Å². The lowest BCUT2D eigenvalue weighted by molar-refractivity contribution is 0.112. The molecule has 70 valence electrons. The molecule has 13 heavy (non-hydrogen) atoms. The van der Waals surface area contributed by atoms with Crippen molar-refractivity contribution in [2.45, 2.75) is 6.92 Å². The Hall–Kier alpha value is -1.09. The van der Waals surface area contributed by atoms with Gasteiger partial charge in [0.2, 0.25) is 0 Å². The molecule has 0 saturated heterocycles. The van der Waals surface area contributed by atoms with Gasteiger partial charge < -0.3 is 4.74 Å². The van der Waals surface area contributed by atoms with Crippen LogP contribution in [0, 0.1) is 5.82 Å². The second-order valence-electron chi connectivity index (χ2n) is 2.36. The summed E-state index contributed by atoms with van der Waals surface area (Å²) in [6.45, 7) is 2.17. The van der Waals surface area contributed by atoms with Gasteiger partial charge in [-0.15, -0.1) is 0 Å². The number of halogens is 2. The Kier molecular flexibility index (Phi) is 3.25. The Balaban J connectivity index is 3.12. The maximum Gasteiger partial charge on any atom is 0.153 e. The Bertz CT molecular complexity index is 326. The van der Waals surface area contributed by atoms with Gasteiger partial charge >= 0.3 is 0 Å². The summed E-state index contributed by atoms with van der Waals surface area (Å²) in [6, 6.07) is 2.35. The predicted molar refractivity (Wildman–Crippen MR) is 48.0 cm³/mol. The number of benzene rings is 1. The fourth-order valence-corrected chi connectivity index (χ4v) is 1.13. The molecule has 1 aromatic carbocycles. The standard InChI is InChI=1S/C9H8ClFO2/c1-2-13-9-4-8(11)6(5-12)3-7(9)10/h3-5H,2H2,1H3. The van der Waals surface area contributed by atoms with Crippen LogP contribution in [0.1, 0.15) is 17.3 Å². The molecule has 0 atom stereocenters. The molecule has 4 heteroatoms. The number of ether oxygens (including phenoxy) is 1. The van der Waals surface area contributed by atoms with Crippen molar-refractivity contribution in [3.8, 4) is 5.75 Å². The highest BCUT2D eigenvalue weighted by atomic mass is 35.5. The van der Waals surface area contributed by atoms with Gasteiger partial charge in [-0.25, -0.2) is 4.39 Å². The van der Waals surface area contributed by atoms with Gasteiger partial charge in [0.05, 0.1) is 17.2 Å². The van der Waals surface area contributed by atoms with Gasteiger partial charge in [-0.2, -0.15) is 0 Å². The number of carbonyl (C=O) groups is 1. The summed E-state index contributed by atoms with van der Waals surface area (Å²) in [4.78, 5) is 10.3. The fourth-order valence-electron chi connectivity index (χ4n) is 0.900. The number of aldehydes is 1. The third-order valence-corrected chi connectivity index (χ3v) is 1.77. The summed E-state index contributed by atoms with van der Waals surface area (Å²) in [5.41, 5.74) is -0.0616. The minimum Gasteiger partial charge on any atom is -0.492 e. The van der Waals surface area contributed by atoms with E-state index < -0.39 is 5.82 Å². The maximum atomic E-state index is 13.0. The van der Waals surface area contributed by atoms with Gasteiger partial charge in [-0.3, -0.25) is 4.79 Å². The normalized spacial score (nSPS) is 9.77. The maximum absolute atomic E-state index is 13.0. The molecule has 0 radical (unpaired) electrons. The van der Waals surface area contributed by atoms with Crippen molar-refractivity contribution in [1.29, 1.82) is 0 Å². The first-order chi connectivity index (χ1) is 6.19. The van der Waals surface area contributed by atoms with Crippen molar-refractivity contribution in [2.75, 3.05) is 6.61 Å². The van der Waals surface area contributed by atoms with Crippen LogP contribution in [0.15, 0.2) is 12.1 Å². The summed E-state index contributed by atoms with van der Waals surface area (Å²) in [7, 11) is 0. The molecule has 0 fully saturated rings. The third kappa shape index (κ3) is 2.18. The first-order valence-electron chi connectivity index (χ1n) is 3.76. The molecule has 0 aliphatic heterocycles. The largest absolute Gasteiger partial charge is 0.492 e. The van der Waals surface area contributed by atoms with Crippen molar-refractivity contribution >= 4 is 17.9 Å². The lowest BCUT2D eigenvalue weighted by Gasteiger charge is -2.05. The van der Waals surface area contributed by atoms with E-state index in [1.807, 2.05) is 0 Å². The quantitative estimate of drug-likeness (QED) is 0.705. The molecule has 0 spiro atoms. The van der Waals surface area contributed by atoms with Crippen LogP contribution in [0.4, 0.5) is 4.39 Å². The first-order valence-corrected chi connectivity index (χ1v) is 4.13. The highest BCUT2D eigenvalue weighted by molar-refractivity contribution is 6.32. The number of hydrogen-bond acceptors (Lipinski definition) is 2. The SMILES string of the molecule is CCOc1cc(F)c(C=O)cc1Cl. The Morgan fingerprint density at radius 1 is 1.62 bits per heavy atom. The molecular formula is C9H8ClFO2. The average molecular weight is 203 g/mol. The molecule has 0 aromatic heterocycles. The molecule has 0 bridgehead atoms. The number of hydrogen-bond donors (Lipinski definition) is 0. The van der Waals surface area contributed by atoms with E-state index in [0.29, 0.717) is 12.9 Å². The van der Waals surface area contributed by atoms with Crippen LogP contribution in [0.25, 0.3) is 0 Å². The minimum atomic E-state index is -0.622. The highest BCUT2D eigenvalue weighted by Crippen LogP contribution is 2.26. The number of carbonyl (C=O) groups excluding carboxylic acids is 1. The summed E-state index contributed by atoms with van der Waals surface area (Å²) < 4.78 is 18.0. The van der Waals surface area contributed by atoms with E-state index in [4.69, 9.17) is 16.3 Å². The molecule has 0 amide bonds. The molecule has 0 unspecified atom stereocenters. The second-order valence-corrected chi connectivity index (χ2v) is 2.76. The second kappa shape index (κ2) is 4.23. The van der Waals surface area contributed by atoms with E-state index >= 15 is 0 Å². The van der Waals surface area contributed by atoms with E-state index in [-0.39, 0.29) is 16.3 Å². The molecular weight excluding hydrogens is 195 g/mol. The van der Waals surface area contributed by atoms with Gasteiger partial charge in [0, 0.05) is 6.07 Å². The summed E-state index contributed by atoms with van der Waals surface area (Å²) in [5.74, 6) is -0.366. The molecule has 0 aliphatic rings. The highest BCUT2D eigenvalue weighted by Gasteiger charge is 2.08. The van der Waals surface area contributed by atoms with Crippen LogP contribution >= 0.6 is 11.6 Å². The van der Waals surface area contributed by atoms with Gasteiger partial charge in [0.25, 0.3) is 0 Å². The topological polar surface area (TPSA) is 26.3 Å². The van der Waals surface area contributed by atoms with Gasteiger partial charge in [0.15, 0.2) is 6.29 Å². The summed E-state index contributed by atoms with van der Waals surface area (Å²) in [5, 5.41) is 0.241. The molecule has 1 rings (SSSR count). The monoisotopic (exact) mass is 202 g/mol. The van der Waals surface area contributed by atoms with E-state index in [2.05, 4.69) is 0 Å². The van der Waals surface area contributed by atoms with Crippen LogP contribution in [-0.2, 0) is 0 Å². The van der Waals surface area contributed by atoms with Crippen molar-refractivity contribution in [3.05, 3.63) is 28.5 Å². The molecule has 0 N–H and O–H groups in total. The summed E-state index contributed by atoms with van der Waals surface area (Å²) in [6.07, 6.45) is 0.414. The Morgan fingerprint density at radius 3 is 2.85 bits per heavy atom. The van der Waals surface area contributed by atoms with Crippen LogP contribution in [-0.4, -0.2) is 12.9 Å². The van der Waals surface area contributed by atoms with Gasteiger partial charge in [-0.1, -0.05) is 11.6 Å². The molecule has 2 nitrogen and oxygen atoms in total. The zero-order valence-corrected chi connectivity index (χ0v) is 7.77. The fraction of sp³-hybridized carbons (Fsp3) is 0.222. The van der Waals surface area contributed by atoms with Crippen LogP contribution in [0.3, 0.4) is 0 Å². The van der Waals surface area contributed by atoms with E-state index in [0.717, 1.165) is 6.07 Å². The van der Waals surface area contributed by atoms with Crippen LogP contribution in [0.2, 0.25) is 5.02 Å². The lowest BCUT2D eigenvalue weighted by atomic mass is 10.2. The molecule has 0 aliphatic carbocycles. The zero-order valence-electron chi connectivity index (χ0n) is 7.01. The molecule has 0 heterocycles. The van der Waals surface area contributed by atoms with Crippen LogP contribution in [0.5, 0.6) is 5.75 Å². The predicted octanol–water partition coefficient (Wildman–Crippen LogP) is 2.69. The lowest BCUT2D eigenvalue weighted by Crippen LogP contribution is -1.95. The first kappa shape index (κ1) is 9.99. The minimum absolute atomic E-state index is 0.0616. The van der Waals surface area contributed by atoms with Crippen LogP contribution < -0.4 is 4.74 Å². The van der Waals surface area contributed by atoms with E-state index in [1.54, 1.807) is 6.92 Å². The number of rotatable bonds is 3. The van der Waals surface area contributed by atoms with Crippen molar-refractivity contribution < 1.29 is 13.9 Å². The average Bonchev–Trinajstić information content (AvgIpc) is 2.11. The summed E-state index contributed by atoms with van der Waals surface area (Å²) >= 11 is 5.71. The molecule has 1 aromatic rings. The zero-order chi connectivity index (χ0) is 9.84. The smallest absolute Gasteiger partial charge is 0.153 e. The van der Waals surface area contributed by atoms with Gasteiger partial charge in [-0.05, 0) is 13.0 Å². The Labute approximate surface area is 80.3 Å². The van der Waals surface area contributed by atoms with Crippen molar-refractivity contribution in [3.63, 3.8) is 0 Å². The Morgan fingerprint density at radius 2 is 2.31 bits per heavy atom. The van der Waals surface area contributed by atoms with E-state index in [1.165, 1.54) is 6.07 Å². The van der Waals surface area contributed by atoms with Gasteiger partial charge in [0.1, 0.15) is 11.6 Å². The molecule has 0 saturated carbocycles. The van der Waals surface area contributed by atoms with Crippen molar-refractivity contribution in [1.82, 2.24) is 0 Å². The third-order valence-electron chi connectivity index (χ3n) is 1.48. The van der Waals surface area contributed by atoms with Crippen molar-refractivity contribution in [2.24, 2.45) is 0 Å².